The van der Waals surface area contributed by atoms with Crippen molar-refractivity contribution in [2.24, 2.45) is 5.10 Å². The molecule has 0 spiro atoms. The van der Waals surface area contributed by atoms with Gasteiger partial charge < -0.3 is 9.47 Å². The number of carbonyl (C=O) groups excluding carboxylic acids is 1. The number of nitrogens with one attached hydrogen (secondary N) is 1. The van der Waals surface area contributed by atoms with Gasteiger partial charge in [0.25, 0.3) is 5.91 Å². The van der Waals surface area contributed by atoms with Gasteiger partial charge in [-0.15, -0.1) is 0 Å². The average molecular weight is 367 g/mol. The molecule has 5 nitrogen and oxygen atoms in total. The summed E-state index contributed by atoms with van der Waals surface area (Å²) < 4.78 is 10.5. The molecule has 0 saturated carbocycles. The third-order valence-electron chi connectivity index (χ3n) is 3.30. The number of hydrogen-bond donors (Lipinski definition) is 1. The molecule has 2 aromatic rings. The van der Waals surface area contributed by atoms with E-state index < -0.39 is 5.91 Å². The Morgan fingerprint density at radius 2 is 1.75 bits per heavy atom. The van der Waals surface area contributed by atoms with Crippen LogP contribution in [-0.2, 0) is 0 Å². The van der Waals surface area contributed by atoms with Crippen molar-refractivity contribution in [1.82, 2.24) is 5.43 Å². The number of methoxy groups -OCH3 is 2. The van der Waals surface area contributed by atoms with Crippen molar-refractivity contribution in [2.75, 3.05) is 14.2 Å². The molecule has 0 aromatic heterocycles. The molecule has 0 aliphatic carbocycles. The minimum atomic E-state index is -0.427. The summed E-state index contributed by atoms with van der Waals surface area (Å²) in [5, 5.41) is 4.82. The van der Waals surface area contributed by atoms with E-state index in [4.69, 9.17) is 32.7 Å². The number of halogens is 2. The Hall–Kier alpha value is -2.24. The highest BCUT2D eigenvalue weighted by molar-refractivity contribution is 6.36. The van der Waals surface area contributed by atoms with Gasteiger partial charge in [0.1, 0.15) is 11.5 Å². The predicted octanol–water partition coefficient (Wildman–Crippen LogP) is 4.16. The minimum Gasteiger partial charge on any atom is -0.497 e. The van der Waals surface area contributed by atoms with Crippen molar-refractivity contribution in [3.8, 4) is 11.5 Å². The van der Waals surface area contributed by atoms with E-state index in [-0.39, 0.29) is 5.02 Å². The van der Waals surface area contributed by atoms with Crippen LogP contribution in [0.25, 0.3) is 0 Å². The number of hydrogen-bond acceptors (Lipinski definition) is 4. The van der Waals surface area contributed by atoms with Crippen molar-refractivity contribution in [3.05, 3.63) is 57.6 Å². The summed E-state index contributed by atoms with van der Waals surface area (Å²) in [6.07, 6.45) is 0. The molecular weight excluding hydrogens is 351 g/mol. The Balaban J connectivity index is 2.21. The fourth-order valence-electron chi connectivity index (χ4n) is 2.03. The second-order valence-electron chi connectivity index (χ2n) is 4.83. The standard InChI is InChI=1S/C17H16Cl2N2O3/c1-10(13-7-5-12(23-2)9-16(13)24-3)20-21-17(22)14-6-4-11(18)8-15(14)19/h4-9H,1-3H3,(H,21,22). The zero-order valence-electron chi connectivity index (χ0n) is 13.4. The van der Waals surface area contributed by atoms with Gasteiger partial charge in [-0.05, 0) is 37.3 Å². The molecule has 0 radical (unpaired) electrons. The Morgan fingerprint density at radius 1 is 1.04 bits per heavy atom. The Labute approximate surface area is 150 Å². The van der Waals surface area contributed by atoms with Gasteiger partial charge >= 0.3 is 0 Å². The first-order valence-corrected chi connectivity index (χ1v) is 7.74. The topological polar surface area (TPSA) is 59.9 Å². The number of ether oxygens (including phenoxy) is 2. The molecule has 0 aliphatic rings. The number of rotatable bonds is 5. The lowest BCUT2D eigenvalue weighted by atomic mass is 10.1. The van der Waals surface area contributed by atoms with E-state index in [9.17, 15) is 4.79 Å². The van der Waals surface area contributed by atoms with E-state index in [0.717, 1.165) is 5.56 Å². The molecule has 1 N–H and O–H groups in total. The molecule has 0 aliphatic heterocycles. The summed E-state index contributed by atoms with van der Waals surface area (Å²) in [6, 6.07) is 9.96. The molecule has 24 heavy (non-hydrogen) atoms. The van der Waals surface area contributed by atoms with Gasteiger partial charge in [-0.2, -0.15) is 5.10 Å². The maximum Gasteiger partial charge on any atom is 0.272 e. The van der Waals surface area contributed by atoms with Gasteiger partial charge in [0.2, 0.25) is 0 Å². The molecule has 0 atom stereocenters. The summed E-state index contributed by atoms with van der Waals surface area (Å²) in [7, 11) is 3.13. The molecule has 0 fully saturated rings. The lowest BCUT2D eigenvalue weighted by molar-refractivity contribution is 0.0955. The van der Waals surface area contributed by atoms with Crippen LogP contribution in [0.15, 0.2) is 41.5 Å². The Morgan fingerprint density at radius 3 is 2.38 bits per heavy atom. The molecule has 2 rings (SSSR count). The number of carbonyl (C=O) groups is 1. The molecule has 2 aromatic carbocycles. The van der Waals surface area contributed by atoms with Crippen LogP contribution in [0.5, 0.6) is 11.5 Å². The van der Waals surface area contributed by atoms with E-state index in [0.29, 0.717) is 27.8 Å². The van der Waals surface area contributed by atoms with Gasteiger partial charge in [0, 0.05) is 16.7 Å². The quantitative estimate of drug-likeness (QED) is 0.638. The Bertz CT molecular complexity index is 791. The second-order valence-corrected chi connectivity index (χ2v) is 5.67. The molecular formula is C17H16Cl2N2O3. The van der Waals surface area contributed by atoms with Gasteiger partial charge in [0.05, 0.1) is 30.5 Å². The monoisotopic (exact) mass is 366 g/mol. The lowest BCUT2D eigenvalue weighted by Crippen LogP contribution is -2.19. The smallest absolute Gasteiger partial charge is 0.272 e. The fraction of sp³-hybridized carbons (Fsp3) is 0.176. The first kappa shape index (κ1) is 18.1. The molecule has 0 bridgehead atoms. The van der Waals surface area contributed by atoms with Crippen LogP contribution in [0.1, 0.15) is 22.8 Å². The van der Waals surface area contributed by atoms with Gasteiger partial charge in [-0.1, -0.05) is 23.2 Å². The number of hydrazone groups is 1. The normalized spacial score (nSPS) is 11.1. The molecule has 0 unspecified atom stereocenters. The first-order chi connectivity index (χ1) is 11.5. The van der Waals surface area contributed by atoms with Crippen LogP contribution in [-0.4, -0.2) is 25.8 Å². The summed E-state index contributed by atoms with van der Waals surface area (Å²) >= 11 is 11.8. The van der Waals surface area contributed by atoms with E-state index in [1.54, 1.807) is 51.5 Å². The van der Waals surface area contributed by atoms with Crippen molar-refractivity contribution >= 4 is 34.8 Å². The zero-order valence-corrected chi connectivity index (χ0v) is 14.9. The van der Waals surface area contributed by atoms with Gasteiger partial charge in [-0.3, -0.25) is 4.79 Å². The van der Waals surface area contributed by atoms with Crippen molar-refractivity contribution < 1.29 is 14.3 Å². The predicted molar refractivity (Wildman–Crippen MR) is 95.7 cm³/mol. The van der Waals surface area contributed by atoms with E-state index >= 15 is 0 Å². The summed E-state index contributed by atoms with van der Waals surface area (Å²) in [4.78, 5) is 12.2. The van der Waals surface area contributed by atoms with E-state index in [1.165, 1.54) is 6.07 Å². The highest BCUT2D eigenvalue weighted by Crippen LogP contribution is 2.25. The van der Waals surface area contributed by atoms with Crippen LogP contribution in [0.4, 0.5) is 0 Å². The van der Waals surface area contributed by atoms with Crippen molar-refractivity contribution in [2.45, 2.75) is 6.92 Å². The SMILES string of the molecule is COc1ccc(C(C)=NNC(=O)c2ccc(Cl)cc2Cl)c(OC)c1. The third-order valence-corrected chi connectivity index (χ3v) is 3.85. The summed E-state index contributed by atoms with van der Waals surface area (Å²) in [5.74, 6) is 0.832. The van der Waals surface area contributed by atoms with E-state index in [2.05, 4.69) is 10.5 Å². The lowest BCUT2D eigenvalue weighted by Gasteiger charge is -2.10. The number of amides is 1. The van der Waals surface area contributed by atoms with Crippen LogP contribution in [0, 0.1) is 0 Å². The molecule has 7 heteroatoms. The highest BCUT2D eigenvalue weighted by atomic mass is 35.5. The third kappa shape index (κ3) is 4.19. The largest absolute Gasteiger partial charge is 0.497 e. The average Bonchev–Trinajstić information content (AvgIpc) is 2.58. The van der Waals surface area contributed by atoms with Crippen LogP contribution < -0.4 is 14.9 Å². The summed E-state index contributed by atoms with van der Waals surface area (Å²) in [6.45, 7) is 1.76. The van der Waals surface area contributed by atoms with Crippen molar-refractivity contribution in [1.29, 1.82) is 0 Å². The maximum absolute atomic E-state index is 12.2. The van der Waals surface area contributed by atoms with Crippen molar-refractivity contribution in [3.63, 3.8) is 0 Å². The zero-order chi connectivity index (χ0) is 17.7. The summed E-state index contributed by atoms with van der Waals surface area (Å²) in [5.41, 5.74) is 4.08. The molecule has 0 heterocycles. The second kappa shape index (κ2) is 8.04. The number of nitrogens with zero attached hydrogens (tertiary/aromatic N) is 1. The maximum atomic E-state index is 12.2. The minimum absolute atomic E-state index is 0.259. The van der Waals surface area contributed by atoms with Crippen LogP contribution in [0.3, 0.4) is 0 Å². The number of benzene rings is 2. The molecule has 0 saturated heterocycles. The molecule has 126 valence electrons. The van der Waals surface area contributed by atoms with Gasteiger partial charge in [0.15, 0.2) is 0 Å². The molecule has 1 amide bonds. The first-order valence-electron chi connectivity index (χ1n) is 6.98. The highest BCUT2D eigenvalue weighted by Gasteiger charge is 2.12. The Kier molecular flexibility index (Phi) is 6.06. The van der Waals surface area contributed by atoms with Crippen LogP contribution >= 0.6 is 23.2 Å². The van der Waals surface area contributed by atoms with Crippen LogP contribution in [0.2, 0.25) is 10.0 Å². The van der Waals surface area contributed by atoms with Gasteiger partial charge in [-0.25, -0.2) is 5.43 Å². The van der Waals surface area contributed by atoms with E-state index in [1.807, 2.05) is 0 Å². The fourth-order valence-corrected chi connectivity index (χ4v) is 2.52.